The van der Waals surface area contributed by atoms with Gasteiger partial charge in [0, 0.05) is 29.3 Å². The summed E-state index contributed by atoms with van der Waals surface area (Å²) >= 11 is 1.33. The van der Waals surface area contributed by atoms with Crippen molar-refractivity contribution < 1.29 is 14.3 Å². The summed E-state index contributed by atoms with van der Waals surface area (Å²) in [6.07, 6.45) is 0.544. The van der Waals surface area contributed by atoms with E-state index in [1.807, 2.05) is 19.9 Å². The molecule has 1 heterocycles. The topological polar surface area (TPSA) is 40.5 Å². The highest BCUT2D eigenvalue weighted by molar-refractivity contribution is 7.21. The third-order valence-corrected chi connectivity index (χ3v) is 4.78. The van der Waals surface area contributed by atoms with Gasteiger partial charge in [-0.2, -0.15) is 0 Å². The van der Waals surface area contributed by atoms with Crippen LogP contribution in [0.2, 0.25) is 0 Å². The van der Waals surface area contributed by atoms with Crippen LogP contribution in [0.4, 0.5) is 4.39 Å². The van der Waals surface area contributed by atoms with Crippen LogP contribution in [0.3, 0.4) is 0 Å². The quantitative estimate of drug-likeness (QED) is 0.917. The third kappa shape index (κ3) is 3.09. The number of fused-ring (bicyclic) bond motifs is 1. The molecule has 5 heteroatoms. The Bertz CT molecular complexity index is 651. The molecule has 21 heavy (non-hydrogen) atoms. The van der Waals surface area contributed by atoms with Crippen LogP contribution in [0.1, 0.15) is 35.5 Å². The van der Waals surface area contributed by atoms with E-state index < -0.39 is 0 Å². The van der Waals surface area contributed by atoms with Crippen molar-refractivity contribution in [1.82, 2.24) is 4.90 Å². The van der Waals surface area contributed by atoms with Crippen LogP contribution < -0.4 is 0 Å². The van der Waals surface area contributed by atoms with E-state index in [9.17, 15) is 9.18 Å². The predicted octanol–water partition coefficient (Wildman–Crippen LogP) is 3.58. The van der Waals surface area contributed by atoms with E-state index in [-0.39, 0.29) is 24.4 Å². The van der Waals surface area contributed by atoms with E-state index in [4.69, 9.17) is 5.11 Å². The highest BCUT2D eigenvalue weighted by Crippen LogP contribution is 2.33. The first kappa shape index (κ1) is 15.9. The summed E-state index contributed by atoms with van der Waals surface area (Å²) in [5.41, 5.74) is 0.702. The third-order valence-electron chi connectivity index (χ3n) is 3.54. The molecule has 3 nitrogen and oxygen atoms in total. The Balaban J connectivity index is 2.42. The Kier molecular flexibility index (Phi) is 4.96. The number of aliphatic hydroxyl groups is 1. The summed E-state index contributed by atoms with van der Waals surface area (Å²) < 4.78 is 14.7. The molecule has 0 saturated heterocycles. The lowest BCUT2D eigenvalue weighted by atomic mass is 10.1. The van der Waals surface area contributed by atoms with Crippen LogP contribution in [0.15, 0.2) is 18.2 Å². The zero-order chi connectivity index (χ0) is 15.6. The molecule has 1 aromatic heterocycles. The number of thiophene rings is 1. The Morgan fingerprint density at radius 2 is 2.14 bits per heavy atom. The normalized spacial score (nSPS) is 11.3. The largest absolute Gasteiger partial charge is 0.396 e. The minimum atomic E-state index is -0.285. The van der Waals surface area contributed by atoms with Crippen LogP contribution in [0.5, 0.6) is 0 Å². The fourth-order valence-electron chi connectivity index (χ4n) is 2.42. The second kappa shape index (κ2) is 6.54. The molecule has 0 aliphatic rings. The number of nitrogens with zero attached hydrogens (tertiary/aromatic N) is 1. The average Bonchev–Trinajstić information content (AvgIpc) is 2.77. The van der Waals surface area contributed by atoms with Gasteiger partial charge in [-0.05, 0) is 44.9 Å². The number of carbonyl (C=O) groups excluding carboxylic acids is 1. The second-order valence-corrected chi connectivity index (χ2v) is 6.39. The lowest BCUT2D eigenvalue weighted by Crippen LogP contribution is -2.37. The molecule has 0 spiro atoms. The number of benzene rings is 1. The Morgan fingerprint density at radius 3 is 2.71 bits per heavy atom. The molecule has 0 radical (unpaired) electrons. The second-order valence-electron chi connectivity index (χ2n) is 5.34. The first-order valence-electron chi connectivity index (χ1n) is 7.06. The highest BCUT2D eigenvalue weighted by atomic mass is 32.1. The fourth-order valence-corrected chi connectivity index (χ4v) is 3.60. The SMILES string of the molecule is Cc1c(C(=O)N(CCCO)C(C)C)sc2cccc(F)c12. The zero-order valence-corrected chi connectivity index (χ0v) is 13.3. The van der Waals surface area contributed by atoms with Crippen molar-refractivity contribution in [3.8, 4) is 0 Å². The van der Waals surface area contributed by atoms with Crippen molar-refractivity contribution in [2.75, 3.05) is 13.2 Å². The first-order chi connectivity index (χ1) is 9.97. The Labute approximate surface area is 128 Å². The average molecular weight is 309 g/mol. The van der Waals surface area contributed by atoms with E-state index >= 15 is 0 Å². The van der Waals surface area contributed by atoms with E-state index in [1.54, 1.807) is 17.9 Å². The van der Waals surface area contributed by atoms with Gasteiger partial charge in [-0.25, -0.2) is 4.39 Å². The lowest BCUT2D eigenvalue weighted by molar-refractivity contribution is 0.0697. The molecular formula is C16H20FNO2S. The lowest BCUT2D eigenvalue weighted by Gasteiger charge is -2.26. The van der Waals surface area contributed by atoms with Gasteiger partial charge in [-0.1, -0.05) is 6.07 Å². The zero-order valence-electron chi connectivity index (χ0n) is 12.5. The summed E-state index contributed by atoms with van der Waals surface area (Å²) in [7, 11) is 0. The molecule has 0 aliphatic heterocycles. The van der Waals surface area contributed by atoms with Gasteiger partial charge in [0.1, 0.15) is 5.82 Å². The molecule has 0 saturated carbocycles. The van der Waals surface area contributed by atoms with Crippen LogP contribution in [0.25, 0.3) is 10.1 Å². The first-order valence-corrected chi connectivity index (χ1v) is 7.88. The van der Waals surface area contributed by atoms with Crippen LogP contribution >= 0.6 is 11.3 Å². The van der Waals surface area contributed by atoms with E-state index in [1.165, 1.54) is 17.4 Å². The molecule has 2 aromatic rings. The van der Waals surface area contributed by atoms with E-state index in [2.05, 4.69) is 0 Å². The minimum Gasteiger partial charge on any atom is -0.396 e. The van der Waals surface area contributed by atoms with Crippen molar-refractivity contribution in [3.05, 3.63) is 34.5 Å². The molecule has 0 atom stereocenters. The summed E-state index contributed by atoms with van der Waals surface area (Å²) in [6, 6.07) is 4.95. The van der Waals surface area contributed by atoms with Gasteiger partial charge in [0.2, 0.25) is 0 Å². The van der Waals surface area contributed by atoms with Crippen LogP contribution in [-0.2, 0) is 0 Å². The monoisotopic (exact) mass is 309 g/mol. The smallest absolute Gasteiger partial charge is 0.264 e. The van der Waals surface area contributed by atoms with Crippen LogP contribution in [-0.4, -0.2) is 35.1 Å². The summed E-state index contributed by atoms with van der Waals surface area (Å²) in [5, 5.41) is 9.51. The number of halogens is 1. The highest BCUT2D eigenvalue weighted by Gasteiger charge is 2.24. The van der Waals surface area contributed by atoms with Crippen molar-refractivity contribution >= 4 is 27.3 Å². The predicted molar refractivity (Wildman–Crippen MR) is 84.4 cm³/mol. The number of aliphatic hydroxyl groups excluding tert-OH is 1. The maximum atomic E-state index is 13.9. The van der Waals surface area contributed by atoms with E-state index in [0.29, 0.717) is 28.8 Å². The summed E-state index contributed by atoms with van der Waals surface area (Å²) in [6.45, 7) is 6.23. The molecule has 114 valence electrons. The van der Waals surface area contributed by atoms with Crippen molar-refractivity contribution in [3.63, 3.8) is 0 Å². The maximum Gasteiger partial charge on any atom is 0.264 e. The molecule has 0 bridgehead atoms. The molecule has 0 fully saturated rings. The van der Waals surface area contributed by atoms with Gasteiger partial charge in [-0.15, -0.1) is 11.3 Å². The maximum absolute atomic E-state index is 13.9. The molecule has 0 unspecified atom stereocenters. The van der Waals surface area contributed by atoms with Gasteiger partial charge in [0.25, 0.3) is 5.91 Å². The molecular weight excluding hydrogens is 289 g/mol. The minimum absolute atomic E-state index is 0.0403. The van der Waals surface area contributed by atoms with Crippen molar-refractivity contribution in [2.24, 2.45) is 0 Å². The number of hydrogen-bond donors (Lipinski definition) is 1. The molecule has 1 N–H and O–H groups in total. The van der Waals surface area contributed by atoms with Gasteiger partial charge in [0.05, 0.1) is 4.88 Å². The van der Waals surface area contributed by atoms with Gasteiger partial charge >= 0.3 is 0 Å². The Morgan fingerprint density at radius 1 is 1.43 bits per heavy atom. The molecule has 2 rings (SSSR count). The standard InChI is InChI=1S/C16H20FNO2S/c1-10(2)18(8-5-9-19)16(20)15-11(3)14-12(17)6-4-7-13(14)21-15/h4,6-7,10,19H,5,8-9H2,1-3H3. The number of aryl methyl sites for hydroxylation is 1. The van der Waals surface area contributed by atoms with Gasteiger partial charge in [0.15, 0.2) is 0 Å². The molecule has 0 aliphatic carbocycles. The number of carbonyl (C=O) groups is 1. The Hall–Kier alpha value is -1.46. The van der Waals surface area contributed by atoms with Crippen molar-refractivity contribution in [1.29, 1.82) is 0 Å². The number of rotatable bonds is 5. The van der Waals surface area contributed by atoms with Crippen molar-refractivity contribution in [2.45, 2.75) is 33.2 Å². The fraction of sp³-hybridized carbons (Fsp3) is 0.438. The summed E-state index contributed by atoms with van der Waals surface area (Å²) in [5.74, 6) is -0.372. The van der Waals surface area contributed by atoms with Gasteiger partial charge < -0.3 is 10.0 Å². The van der Waals surface area contributed by atoms with E-state index in [0.717, 1.165) is 4.70 Å². The summed E-state index contributed by atoms with van der Waals surface area (Å²) in [4.78, 5) is 15.0. The number of amides is 1. The molecule has 1 aromatic carbocycles. The number of hydrogen-bond acceptors (Lipinski definition) is 3. The van der Waals surface area contributed by atoms with Crippen LogP contribution in [0, 0.1) is 12.7 Å². The molecule has 1 amide bonds. The van der Waals surface area contributed by atoms with Gasteiger partial charge in [-0.3, -0.25) is 4.79 Å².